The Hall–Kier alpha value is -1.88. The van der Waals surface area contributed by atoms with Gasteiger partial charge in [-0.2, -0.15) is 0 Å². The minimum atomic E-state index is -0.178. The highest BCUT2D eigenvalue weighted by Gasteiger charge is 2.18. The Labute approximate surface area is 129 Å². The number of methoxy groups -OCH3 is 1. The van der Waals surface area contributed by atoms with Gasteiger partial charge in [0, 0.05) is 16.4 Å². The van der Waals surface area contributed by atoms with E-state index < -0.39 is 0 Å². The molecular weight excluding hydrogens is 284 g/mol. The summed E-state index contributed by atoms with van der Waals surface area (Å²) in [7, 11) is 1.60. The fourth-order valence-corrected chi connectivity index (χ4v) is 2.74. The molecule has 1 aromatic heterocycles. The predicted molar refractivity (Wildman–Crippen MR) is 86.5 cm³/mol. The SMILES string of the molecule is COc1cc(C(=O)Nc2nc(C(C)(C)C)cs2)ccc1C. The van der Waals surface area contributed by atoms with Crippen molar-refractivity contribution in [3.63, 3.8) is 0 Å². The fraction of sp³-hybridized carbons (Fsp3) is 0.375. The molecule has 0 spiro atoms. The molecule has 0 bridgehead atoms. The Morgan fingerprint density at radius 1 is 1.33 bits per heavy atom. The molecule has 2 rings (SSSR count). The van der Waals surface area contributed by atoms with Crippen molar-refractivity contribution in [3.05, 3.63) is 40.4 Å². The number of amides is 1. The summed E-state index contributed by atoms with van der Waals surface area (Å²) in [6, 6.07) is 5.39. The first-order valence-corrected chi connectivity index (χ1v) is 7.61. The second-order valence-electron chi connectivity index (χ2n) is 5.93. The summed E-state index contributed by atoms with van der Waals surface area (Å²) in [5, 5.41) is 5.43. The standard InChI is InChI=1S/C16H20N2O2S/c1-10-6-7-11(8-12(10)20-5)14(19)18-15-17-13(9-21-15)16(2,3)4/h6-9H,1-5H3,(H,17,18,19). The molecule has 1 N–H and O–H groups in total. The number of nitrogens with zero attached hydrogens (tertiary/aromatic N) is 1. The van der Waals surface area contributed by atoms with Gasteiger partial charge in [0.15, 0.2) is 5.13 Å². The van der Waals surface area contributed by atoms with E-state index in [1.807, 2.05) is 18.4 Å². The van der Waals surface area contributed by atoms with E-state index in [9.17, 15) is 4.79 Å². The van der Waals surface area contributed by atoms with Crippen LogP contribution in [0.1, 0.15) is 42.4 Å². The van der Waals surface area contributed by atoms with Crippen molar-refractivity contribution in [2.75, 3.05) is 12.4 Å². The minimum Gasteiger partial charge on any atom is -0.496 e. The van der Waals surface area contributed by atoms with Crippen LogP contribution in [0.5, 0.6) is 5.75 Å². The quantitative estimate of drug-likeness (QED) is 0.932. The summed E-state index contributed by atoms with van der Waals surface area (Å²) in [6.45, 7) is 8.23. The predicted octanol–water partition coefficient (Wildman–Crippen LogP) is 4.01. The van der Waals surface area contributed by atoms with Crippen LogP contribution < -0.4 is 10.1 Å². The summed E-state index contributed by atoms with van der Waals surface area (Å²) in [5.41, 5.74) is 2.51. The Kier molecular flexibility index (Phi) is 4.32. The number of aryl methyl sites for hydroxylation is 1. The molecule has 0 aliphatic heterocycles. The van der Waals surface area contributed by atoms with Gasteiger partial charge < -0.3 is 4.74 Å². The molecule has 0 aliphatic carbocycles. The number of hydrogen-bond donors (Lipinski definition) is 1. The van der Waals surface area contributed by atoms with Gasteiger partial charge >= 0.3 is 0 Å². The lowest BCUT2D eigenvalue weighted by molar-refractivity contribution is 0.102. The van der Waals surface area contributed by atoms with Gasteiger partial charge in [0.1, 0.15) is 5.75 Å². The van der Waals surface area contributed by atoms with Gasteiger partial charge in [-0.25, -0.2) is 4.98 Å². The number of hydrogen-bond acceptors (Lipinski definition) is 4. The normalized spacial score (nSPS) is 11.3. The van der Waals surface area contributed by atoms with E-state index in [1.54, 1.807) is 19.2 Å². The van der Waals surface area contributed by atoms with Crippen LogP contribution in [-0.2, 0) is 5.41 Å². The summed E-state index contributed by atoms with van der Waals surface area (Å²) >= 11 is 1.44. The number of nitrogens with one attached hydrogen (secondary N) is 1. The van der Waals surface area contributed by atoms with Crippen molar-refractivity contribution in [2.45, 2.75) is 33.1 Å². The van der Waals surface area contributed by atoms with Gasteiger partial charge in [0.2, 0.25) is 0 Å². The van der Waals surface area contributed by atoms with Crippen LogP contribution in [-0.4, -0.2) is 18.0 Å². The number of rotatable bonds is 3. The molecule has 2 aromatic rings. The van der Waals surface area contributed by atoms with Crippen LogP contribution in [0.3, 0.4) is 0 Å². The van der Waals surface area contributed by atoms with Crippen LogP contribution in [0.15, 0.2) is 23.6 Å². The Bertz CT molecular complexity index is 657. The van der Waals surface area contributed by atoms with Gasteiger partial charge in [-0.1, -0.05) is 26.8 Å². The van der Waals surface area contributed by atoms with E-state index in [0.29, 0.717) is 16.4 Å². The summed E-state index contributed by atoms with van der Waals surface area (Å²) in [4.78, 5) is 16.7. The molecule has 1 aromatic carbocycles. The third-order valence-electron chi connectivity index (χ3n) is 3.16. The lowest BCUT2D eigenvalue weighted by Crippen LogP contribution is -2.14. The molecule has 0 aliphatic rings. The van der Waals surface area contributed by atoms with Crippen LogP contribution >= 0.6 is 11.3 Å². The van der Waals surface area contributed by atoms with Crippen LogP contribution in [0, 0.1) is 6.92 Å². The Morgan fingerprint density at radius 3 is 2.62 bits per heavy atom. The summed E-state index contributed by atoms with van der Waals surface area (Å²) in [6.07, 6.45) is 0. The molecule has 21 heavy (non-hydrogen) atoms. The van der Waals surface area contributed by atoms with Gasteiger partial charge in [0.25, 0.3) is 5.91 Å². The molecule has 5 heteroatoms. The van der Waals surface area contributed by atoms with Gasteiger partial charge in [-0.3, -0.25) is 10.1 Å². The molecule has 0 saturated heterocycles. The first kappa shape index (κ1) is 15.5. The van der Waals surface area contributed by atoms with Crippen LogP contribution in [0.2, 0.25) is 0 Å². The second-order valence-corrected chi connectivity index (χ2v) is 6.78. The average Bonchev–Trinajstić information content (AvgIpc) is 2.87. The lowest BCUT2D eigenvalue weighted by atomic mass is 9.93. The van der Waals surface area contributed by atoms with Crippen LogP contribution in [0.4, 0.5) is 5.13 Å². The Balaban J connectivity index is 2.16. The van der Waals surface area contributed by atoms with E-state index >= 15 is 0 Å². The zero-order valence-corrected chi connectivity index (χ0v) is 13.8. The van der Waals surface area contributed by atoms with Crippen LogP contribution in [0.25, 0.3) is 0 Å². The molecule has 112 valence electrons. The molecule has 0 saturated carbocycles. The Morgan fingerprint density at radius 2 is 2.05 bits per heavy atom. The summed E-state index contributed by atoms with van der Waals surface area (Å²) < 4.78 is 5.24. The van der Waals surface area contributed by atoms with Crippen molar-refractivity contribution < 1.29 is 9.53 Å². The molecule has 4 nitrogen and oxygen atoms in total. The van der Waals surface area contributed by atoms with Crippen molar-refractivity contribution in [1.29, 1.82) is 0 Å². The van der Waals surface area contributed by atoms with E-state index in [1.165, 1.54) is 11.3 Å². The zero-order chi connectivity index (χ0) is 15.6. The first-order chi connectivity index (χ1) is 9.81. The highest BCUT2D eigenvalue weighted by Crippen LogP contribution is 2.27. The molecule has 1 heterocycles. The molecule has 0 fully saturated rings. The summed E-state index contributed by atoms with van der Waals surface area (Å²) in [5.74, 6) is 0.528. The number of aromatic nitrogens is 1. The van der Waals surface area contributed by atoms with E-state index in [0.717, 1.165) is 11.3 Å². The fourth-order valence-electron chi connectivity index (χ4n) is 1.81. The topological polar surface area (TPSA) is 51.2 Å². The number of carbonyl (C=O) groups is 1. The molecule has 1 amide bonds. The highest BCUT2D eigenvalue weighted by molar-refractivity contribution is 7.14. The molecule has 0 radical (unpaired) electrons. The third-order valence-corrected chi connectivity index (χ3v) is 3.92. The van der Waals surface area contributed by atoms with Gasteiger partial charge in [0.05, 0.1) is 12.8 Å². The highest BCUT2D eigenvalue weighted by atomic mass is 32.1. The second kappa shape index (κ2) is 5.85. The maximum absolute atomic E-state index is 12.3. The number of carbonyl (C=O) groups excluding carboxylic acids is 1. The number of benzene rings is 1. The van der Waals surface area contributed by atoms with Crippen molar-refractivity contribution in [3.8, 4) is 5.75 Å². The third kappa shape index (κ3) is 3.61. The average molecular weight is 304 g/mol. The van der Waals surface area contributed by atoms with Crippen molar-refractivity contribution in [1.82, 2.24) is 4.98 Å². The van der Waals surface area contributed by atoms with E-state index in [2.05, 4.69) is 31.1 Å². The number of anilines is 1. The van der Waals surface area contributed by atoms with Gasteiger partial charge in [-0.15, -0.1) is 11.3 Å². The lowest BCUT2D eigenvalue weighted by Gasteiger charge is -2.14. The maximum atomic E-state index is 12.3. The first-order valence-electron chi connectivity index (χ1n) is 6.73. The largest absolute Gasteiger partial charge is 0.496 e. The number of thiazole rings is 1. The van der Waals surface area contributed by atoms with Crippen molar-refractivity contribution >= 4 is 22.4 Å². The monoisotopic (exact) mass is 304 g/mol. The van der Waals surface area contributed by atoms with E-state index in [-0.39, 0.29) is 11.3 Å². The zero-order valence-electron chi connectivity index (χ0n) is 13.0. The smallest absolute Gasteiger partial charge is 0.257 e. The minimum absolute atomic E-state index is 0.0213. The number of ether oxygens (including phenoxy) is 1. The molecular formula is C16H20N2O2S. The maximum Gasteiger partial charge on any atom is 0.257 e. The van der Waals surface area contributed by atoms with Crippen molar-refractivity contribution in [2.24, 2.45) is 0 Å². The van der Waals surface area contributed by atoms with E-state index in [4.69, 9.17) is 4.74 Å². The molecule has 0 atom stereocenters. The molecule has 0 unspecified atom stereocenters. The van der Waals surface area contributed by atoms with Gasteiger partial charge in [-0.05, 0) is 24.6 Å².